The Kier molecular flexibility index (Phi) is 4.45. The Morgan fingerprint density at radius 3 is 2.45 bits per heavy atom. The highest BCUT2D eigenvalue weighted by molar-refractivity contribution is 5.95. The van der Waals surface area contributed by atoms with Crippen LogP contribution in [0.4, 0.5) is 8.78 Å². The van der Waals surface area contributed by atoms with Gasteiger partial charge in [-0.05, 0) is 30.3 Å². The molecule has 0 atom stereocenters. The van der Waals surface area contributed by atoms with E-state index in [2.05, 4.69) is 0 Å². The van der Waals surface area contributed by atoms with Gasteiger partial charge in [-0.1, -0.05) is 19.1 Å². The second-order valence-corrected chi connectivity index (χ2v) is 4.30. The van der Waals surface area contributed by atoms with Crippen molar-refractivity contribution < 1.29 is 18.3 Å². The van der Waals surface area contributed by atoms with Crippen LogP contribution in [-0.2, 0) is 6.61 Å². The van der Waals surface area contributed by atoms with Gasteiger partial charge in [0.1, 0.15) is 12.4 Å². The van der Waals surface area contributed by atoms with E-state index in [9.17, 15) is 13.6 Å². The van der Waals surface area contributed by atoms with Crippen molar-refractivity contribution in [2.24, 2.45) is 0 Å². The molecule has 104 valence electrons. The van der Waals surface area contributed by atoms with E-state index in [0.717, 1.165) is 6.07 Å². The maximum absolute atomic E-state index is 13.4. The number of Topliss-reactive ketones (excluding diaryl/α,β-unsaturated/α-hetero) is 1. The zero-order chi connectivity index (χ0) is 14.5. The number of benzene rings is 2. The molecule has 0 unspecified atom stereocenters. The van der Waals surface area contributed by atoms with Crippen LogP contribution in [0.1, 0.15) is 29.3 Å². The summed E-state index contributed by atoms with van der Waals surface area (Å²) in [7, 11) is 0. The minimum atomic E-state index is -0.898. The summed E-state index contributed by atoms with van der Waals surface area (Å²) in [5.41, 5.74) is 0.760. The molecule has 0 saturated carbocycles. The molecule has 0 aliphatic carbocycles. The van der Waals surface area contributed by atoms with Gasteiger partial charge in [0.25, 0.3) is 0 Å². The second-order valence-electron chi connectivity index (χ2n) is 4.30. The molecule has 0 radical (unpaired) electrons. The summed E-state index contributed by atoms with van der Waals surface area (Å²) in [6.45, 7) is 1.73. The summed E-state index contributed by atoms with van der Waals surface area (Å²) in [4.78, 5) is 11.5. The first-order valence-corrected chi connectivity index (χ1v) is 6.30. The molecule has 2 aromatic rings. The highest BCUT2D eigenvalue weighted by Gasteiger charge is 2.08. The summed E-state index contributed by atoms with van der Waals surface area (Å²) in [6.07, 6.45) is 0.439. The van der Waals surface area contributed by atoms with Crippen LogP contribution in [0.5, 0.6) is 5.75 Å². The van der Waals surface area contributed by atoms with E-state index in [1.807, 2.05) is 0 Å². The Balaban J connectivity index is 2.04. The van der Waals surface area contributed by atoms with Gasteiger partial charge in [-0.3, -0.25) is 4.79 Å². The number of rotatable bonds is 5. The lowest BCUT2D eigenvalue weighted by atomic mass is 10.1. The molecule has 0 saturated heterocycles. The van der Waals surface area contributed by atoms with Crippen molar-refractivity contribution in [2.75, 3.05) is 0 Å². The van der Waals surface area contributed by atoms with E-state index in [1.54, 1.807) is 31.2 Å². The molecule has 2 rings (SSSR count). The average molecular weight is 276 g/mol. The molecule has 4 heteroatoms. The van der Waals surface area contributed by atoms with Crippen molar-refractivity contribution in [3.8, 4) is 5.75 Å². The molecule has 0 bridgehead atoms. The molecule has 2 aromatic carbocycles. The fourth-order valence-electron chi connectivity index (χ4n) is 1.76. The fourth-order valence-corrected chi connectivity index (χ4v) is 1.76. The zero-order valence-electron chi connectivity index (χ0n) is 11.0. The van der Waals surface area contributed by atoms with Gasteiger partial charge < -0.3 is 4.74 Å². The van der Waals surface area contributed by atoms with Crippen LogP contribution in [0.2, 0.25) is 0 Å². The number of halogens is 2. The van der Waals surface area contributed by atoms with Crippen LogP contribution in [0.25, 0.3) is 0 Å². The minimum Gasteiger partial charge on any atom is -0.489 e. The van der Waals surface area contributed by atoms with E-state index in [0.29, 0.717) is 17.7 Å². The summed E-state index contributed by atoms with van der Waals surface area (Å²) in [5.74, 6) is -1.24. The SMILES string of the molecule is CCC(=O)c1ccc(OCc2cccc(F)c2F)cc1. The van der Waals surface area contributed by atoms with Crippen LogP contribution in [-0.4, -0.2) is 5.78 Å². The van der Waals surface area contributed by atoms with Crippen LogP contribution in [0.15, 0.2) is 42.5 Å². The Bertz CT molecular complexity index is 606. The quantitative estimate of drug-likeness (QED) is 0.767. The van der Waals surface area contributed by atoms with Crippen molar-refractivity contribution in [2.45, 2.75) is 20.0 Å². The number of hydrogen-bond donors (Lipinski definition) is 0. The summed E-state index contributed by atoms with van der Waals surface area (Å²) in [6, 6.07) is 10.5. The standard InChI is InChI=1S/C16H14F2O2/c1-2-15(19)11-6-8-13(9-7-11)20-10-12-4-3-5-14(17)16(12)18/h3-9H,2,10H2,1H3. The Hall–Kier alpha value is -2.23. The van der Waals surface area contributed by atoms with Crippen LogP contribution in [0, 0.1) is 11.6 Å². The molecule has 0 spiro atoms. The molecule has 2 nitrogen and oxygen atoms in total. The van der Waals surface area contributed by atoms with E-state index in [1.165, 1.54) is 12.1 Å². The zero-order valence-corrected chi connectivity index (χ0v) is 11.0. The number of carbonyl (C=O) groups is 1. The Morgan fingerprint density at radius 1 is 1.10 bits per heavy atom. The molecular weight excluding hydrogens is 262 g/mol. The minimum absolute atomic E-state index is 0.0488. The topological polar surface area (TPSA) is 26.3 Å². The Morgan fingerprint density at radius 2 is 1.80 bits per heavy atom. The van der Waals surface area contributed by atoms with Crippen LogP contribution in [0.3, 0.4) is 0 Å². The van der Waals surface area contributed by atoms with Gasteiger partial charge in [0.2, 0.25) is 0 Å². The van der Waals surface area contributed by atoms with Gasteiger partial charge in [0, 0.05) is 17.5 Å². The van der Waals surface area contributed by atoms with Crippen molar-refractivity contribution in [3.63, 3.8) is 0 Å². The predicted octanol–water partition coefficient (Wildman–Crippen LogP) is 4.14. The van der Waals surface area contributed by atoms with Gasteiger partial charge in [-0.2, -0.15) is 0 Å². The van der Waals surface area contributed by atoms with Gasteiger partial charge in [0.05, 0.1) is 0 Å². The van der Waals surface area contributed by atoms with Gasteiger partial charge in [-0.15, -0.1) is 0 Å². The first kappa shape index (κ1) is 14.2. The number of ether oxygens (including phenoxy) is 1. The lowest BCUT2D eigenvalue weighted by molar-refractivity contribution is 0.0988. The summed E-state index contributed by atoms with van der Waals surface area (Å²) in [5, 5.41) is 0. The van der Waals surface area contributed by atoms with E-state index < -0.39 is 11.6 Å². The summed E-state index contributed by atoms with van der Waals surface area (Å²) >= 11 is 0. The molecule has 0 N–H and O–H groups in total. The lowest BCUT2D eigenvalue weighted by Gasteiger charge is -2.08. The maximum atomic E-state index is 13.4. The first-order chi connectivity index (χ1) is 9.61. The normalized spacial score (nSPS) is 10.3. The van der Waals surface area contributed by atoms with Gasteiger partial charge in [-0.25, -0.2) is 8.78 Å². The summed E-state index contributed by atoms with van der Waals surface area (Å²) < 4.78 is 31.8. The van der Waals surface area contributed by atoms with E-state index in [-0.39, 0.29) is 18.0 Å². The van der Waals surface area contributed by atoms with E-state index in [4.69, 9.17) is 4.74 Å². The molecular formula is C16H14F2O2. The van der Waals surface area contributed by atoms with Crippen LogP contribution >= 0.6 is 0 Å². The van der Waals surface area contributed by atoms with Crippen molar-refractivity contribution in [3.05, 3.63) is 65.2 Å². The lowest BCUT2D eigenvalue weighted by Crippen LogP contribution is -2.01. The molecule has 0 aliphatic heterocycles. The second kappa shape index (κ2) is 6.28. The fraction of sp³-hybridized carbons (Fsp3) is 0.188. The molecule has 0 aromatic heterocycles. The highest BCUT2D eigenvalue weighted by atomic mass is 19.2. The molecule has 0 aliphatic rings. The number of carbonyl (C=O) groups excluding carboxylic acids is 1. The van der Waals surface area contributed by atoms with Gasteiger partial charge >= 0.3 is 0 Å². The highest BCUT2D eigenvalue weighted by Crippen LogP contribution is 2.17. The molecule has 0 heterocycles. The average Bonchev–Trinajstić information content (AvgIpc) is 2.48. The van der Waals surface area contributed by atoms with Crippen LogP contribution < -0.4 is 4.74 Å². The first-order valence-electron chi connectivity index (χ1n) is 6.30. The van der Waals surface area contributed by atoms with Crippen molar-refractivity contribution >= 4 is 5.78 Å². The maximum Gasteiger partial charge on any atom is 0.165 e. The number of hydrogen-bond acceptors (Lipinski definition) is 2. The smallest absolute Gasteiger partial charge is 0.165 e. The van der Waals surface area contributed by atoms with Crippen molar-refractivity contribution in [1.29, 1.82) is 0 Å². The monoisotopic (exact) mass is 276 g/mol. The van der Waals surface area contributed by atoms with E-state index >= 15 is 0 Å². The third kappa shape index (κ3) is 3.20. The van der Waals surface area contributed by atoms with Crippen molar-refractivity contribution in [1.82, 2.24) is 0 Å². The molecule has 0 amide bonds. The molecule has 20 heavy (non-hydrogen) atoms. The predicted molar refractivity (Wildman–Crippen MR) is 71.8 cm³/mol. The third-order valence-electron chi connectivity index (χ3n) is 2.92. The number of ketones is 1. The molecule has 0 fully saturated rings. The third-order valence-corrected chi connectivity index (χ3v) is 2.92. The van der Waals surface area contributed by atoms with Gasteiger partial charge in [0.15, 0.2) is 17.4 Å². The Labute approximate surface area is 116 Å². The largest absolute Gasteiger partial charge is 0.489 e.